The Balaban J connectivity index is 2.49. The van der Waals surface area contributed by atoms with Crippen LogP contribution in [0.5, 0.6) is 0 Å². The summed E-state index contributed by atoms with van der Waals surface area (Å²) in [6, 6.07) is 5.25. The second-order valence-corrected chi connectivity index (χ2v) is 4.84. The summed E-state index contributed by atoms with van der Waals surface area (Å²) in [6.07, 6.45) is 0. The lowest BCUT2D eigenvalue weighted by Crippen LogP contribution is -2.40. The van der Waals surface area contributed by atoms with E-state index in [1.807, 2.05) is 6.07 Å². The van der Waals surface area contributed by atoms with Gasteiger partial charge in [-0.25, -0.2) is 0 Å². The molecule has 0 amide bonds. The Hall–Kier alpha value is -0.320. The van der Waals surface area contributed by atoms with E-state index in [-0.39, 0.29) is 6.61 Å². The lowest BCUT2D eigenvalue weighted by Gasteiger charge is -2.20. The first-order chi connectivity index (χ1) is 7.44. The van der Waals surface area contributed by atoms with Crippen molar-refractivity contribution in [2.45, 2.75) is 19.1 Å². The van der Waals surface area contributed by atoms with Crippen molar-refractivity contribution < 1.29 is 10.2 Å². The molecule has 0 aliphatic heterocycles. The fourth-order valence-electron chi connectivity index (χ4n) is 1.19. The largest absolute Gasteiger partial charge is 0.393 e. The van der Waals surface area contributed by atoms with Gasteiger partial charge in [0.05, 0.1) is 12.2 Å². The van der Waals surface area contributed by atoms with E-state index >= 15 is 0 Å². The normalized spacial score (nSPS) is 14.8. The van der Waals surface area contributed by atoms with Crippen LogP contribution in [0.15, 0.2) is 18.2 Å². The Morgan fingerprint density at radius 3 is 2.62 bits per heavy atom. The molecule has 16 heavy (non-hydrogen) atoms. The number of rotatable bonds is 5. The van der Waals surface area contributed by atoms with Crippen LogP contribution >= 0.6 is 23.2 Å². The molecule has 1 rings (SSSR count). The van der Waals surface area contributed by atoms with Crippen molar-refractivity contribution in [2.24, 2.45) is 0 Å². The predicted octanol–water partition coefficient (Wildman–Crippen LogP) is 1.83. The van der Waals surface area contributed by atoms with Crippen molar-refractivity contribution in [2.75, 3.05) is 13.2 Å². The molecule has 0 radical (unpaired) electrons. The highest BCUT2D eigenvalue weighted by atomic mass is 35.5. The Morgan fingerprint density at radius 2 is 2.06 bits per heavy atom. The van der Waals surface area contributed by atoms with Gasteiger partial charge in [-0.2, -0.15) is 0 Å². The van der Waals surface area contributed by atoms with E-state index < -0.39 is 5.60 Å². The lowest BCUT2D eigenvalue weighted by atomic mass is 10.1. The smallest absolute Gasteiger partial charge is 0.0972 e. The summed E-state index contributed by atoms with van der Waals surface area (Å²) in [5, 5.41) is 22.6. The van der Waals surface area contributed by atoms with Gasteiger partial charge in [-0.3, -0.25) is 0 Å². The zero-order valence-electron chi connectivity index (χ0n) is 9.00. The molecule has 0 bridgehead atoms. The van der Waals surface area contributed by atoms with Crippen LogP contribution in [0.25, 0.3) is 0 Å². The number of nitrogens with one attached hydrogen (secondary N) is 1. The van der Waals surface area contributed by atoms with Crippen molar-refractivity contribution in [3.63, 3.8) is 0 Å². The molecule has 0 aliphatic rings. The summed E-state index contributed by atoms with van der Waals surface area (Å²) < 4.78 is 0. The van der Waals surface area contributed by atoms with Crippen LogP contribution < -0.4 is 5.32 Å². The average Bonchev–Trinajstić information content (AvgIpc) is 2.21. The predicted molar refractivity (Wildman–Crippen MR) is 65.9 cm³/mol. The molecule has 90 valence electrons. The van der Waals surface area contributed by atoms with Gasteiger partial charge in [0.1, 0.15) is 0 Å². The van der Waals surface area contributed by atoms with Crippen molar-refractivity contribution in [1.29, 1.82) is 0 Å². The van der Waals surface area contributed by atoms with Gasteiger partial charge < -0.3 is 15.5 Å². The fraction of sp³-hybridized carbons (Fsp3) is 0.455. The molecule has 1 aromatic rings. The minimum absolute atomic E-state index is 0.283. The summed E-state index contributed by atoms with van der Waals surface area (Å²) in [5.74, 6) is 0. The van der Waals surface area contributed by atoms with E-state index in [0.29, 0.717) is 23.1 Å². The van der Waals surface area contributed by atoms with Gasteiger partial charge in [-0.15, -0.1) is 0 Å². The Labute approximate surface area is 105 Å². The molecule has 0 spiro atoms. The van der Waals surface area contributed by atoms with Gasteiger partial charge in [-0.05, 0) is 24.6 Å². The van der Waals surface area contributed by atoms with Crippen LogP contribution in [0.3, 0.4) is 0 Å². The van der Waals surface area contributed by atoms with Gasteiger partial charge in [0.2, 0.25) is 0 Å². The topological polar surface area (TPSA) is 52.5 Å². The molecule has 0 saturated carbocycles. The molecular formula is C11H15Cl2NO2. The zero-order valence-corrected chi connectivity index (χ0v) is 10.5. The van der Waals surface area contributed by atoms with Crippen LogP contribution in [-0.4, -0.2) is 29.0 Å². The summed E-state index contributed by atoms with van der Waals surface area (Å²) >= 11 is 11.7. The van der Waals surface area contributed by atoms with Crippen molar-refractivity contribution in [3.05, 3.63) is 33.8 Å². The van der Waals surface area contributed by atoms with Gasteiger partial charge in [0.25, 0.3) is 0 Å². The maximum absolute atomic E-state index is 9.55. The first-order valence-electron chi connectivity index (χ1n) is 4.92. The van der Waals surface area contributed by atoms with Crippen molar-refractivity contribution in [3.8, 4) is 0 Å². The molecule has 0 aromatic heterocycles. The molecule has 0 fully saturated rings. The van der Waals surface area contributed by atoms with Crippen LogP contribution in [0, 0.1) is 0 Å². The van der Waals surface area contributed by atoms with Crippen molar-refractivity contribution in [1.82, 2.24) is 5.32 Å². The first-order valence-corrected chi connectivity index (χ1v) is 5.68. The first kappa shape index (κ1) is 13.7. The quantitative estimate of drug-likeness (QED) is 0.760. The Morgan fingerprint density at radius 1 is 1.38 bits per heavy atom. The van der Waals surface area contributed by atoms with E-state index in [2.05, 4.69) is 5.32 Å². The van der Waals surface area contributed by atoms with Gasteiger partial charge in [0, 0.05) is 23.1 Å². The standard InChI is InChI=1S/C11H15Cl2NO2/c1-11(16,7-15)6-14-5-8-2-3-9(12)4-10(8)13/h2-4,14-16H,5-7H2,1H3. The second kappa shape index (κ2) is 5.84. The highest BCUT2D eigenvalue weighted by molar-refractivity contribution is 6.35. The van der Waals surface area contributed by atoms with E-state index in [0.717, 1.165) is 5.56 Å². The van der Waals surface area contributed by atoms with Crippen LogP contribution in [0.2, 0.25) is 10.0 Å². The van der Waals surface area contributed by atoms with E-state index in [1.54, 1.807) is 19.1 Å². The molecule has 3 N–H and O–H groups in total. The fourth-order valence-corrected chi connectivity index (χ4v) is 1.66. The average molecular weight is 264 g/mol. The van der Waals surface area contributed by atoms with Crippen LogP contribution in [-0.2, 0) is 6.54 Å². The van der Waals surface area contributed by atoms with E-state index in [9.17, 15) is 5.11 Å². The van der Waals surface area contributed by atoms with Crippen LogP contribution in [0.4, 0.5) is 0 Å². The molecule has 0 saturated heterocycles. The highest BCUT2D eigenvalue weighted by Crippen LogP contribution is 2.20. The number of halogens is 2. The number of aliphatic hydroxyl groups excluding tert-OH is 1. The van der Waals surface area contributed by atoms with Crippen molar-refractivity contribution >= 4 is 23.2 Å². The summed E-state index contributed by atoms with van der Waals surface area (Å²) in [4.78, 5) is 0. The van der Waals surface area contributed by atoms with Crippen LogP contribution in [0.1, 0.15) is 12.5 Å². The molecule has 5 heteroatoms. The molecular weight excluding hydrogens is 249 g/mol. The summed E-state index contributed by atoms with van der Waals surface area (Å²) in [5.41, 5.74) is -0.210. The summed E-state index contributed by atoms with van der Waals surface area (Å²) in [6.45, 7) is 2.09. The van der Waals surface area contributed by atoms with Gasteiger partial charge in [-0.1, -0.05) is 29.3 Å². The summed E-state index contributed by atoms with van der Waals surface area (Å²) in [7, 11) is 0. The SMILES string of the molecule is CC(O)(CO)CNCc1ccc(Cl)cc1Cl. The van der Waals surface area contributed by atoms with E-state index in [1.165, 1.54) is 0 Å². The maximum Gasteiger partial charge on any atom is 0.0972 e. The minimum Gasteiger partial charge on any atom is -0.393 e. The number of aliphatic hydroxyl groups is 2. The number of benzene rings is 1. The van der Waals surface area contributed by atoms with E-state index in [4.69, 9.17) is 28.3 Å². The van der Waals surface area contributed by atoms with Gasteiger partial charge in [0.15, 0.2) is 0 Å². The molecule has 1 atom stereocenters. The third-order valence-corrected chi connectivity index (χ3v) is 2.76. The number of hydrogen-bond acceptors (Lipinski definition) is 3. The zero-order chi connectivity index (χ0) is 12.2. The van der Waals surface area contributed by atoms with Gasteiger partial charge >= 0.3 is 0 Å². The molecule has 1 aromatic carbocycles. The molecule has 3 nitrogen and oxygen atoms in total. The maximum atomic E-state index is 9.55. The second-order valence-electron chi connectivity index (χ2n) is 3.99. The Kier molecular flexibility index (Phi) is 5.02. The number of hydrogen-bond donors (Lipinski definition) is 3. The lowest BCUT2D eigenvalue weighted by molar-refractivity contribution is 0.00254. The molecule has 0 aliphatic carbocycles. The third-order valence-electron chi connectivity index (χ3n) is 2.18. The molecule has 0 heterocycles. The minimum atomic E-state index is -1.11. The third kappa shape index (κ3) is 4.28. The molecule has 1 unspecified atom stereocenters. The monoisotopic (exact) mass is 263 g/mol. The highest BCUT2D eigenvalue weighted by Gasteiger charge is 2.17. The Bertz CT molecular complexity index is 356.